The molecule has 0 radical (unpaired) electrons. The number of hydrogen-bond acceptors (Lipinski definition) is 18. The van der Waals surface area contributed by atoms with Gasteiger partial charge in [-0.2, -0.15) is 38.3 Å². The monoisotopic (exact) mass is 740 g/mol. The number of para-hydroxylation sites is 2. The quantitative estimate of drug-likeness (QED) is 0.0208. The largest absolute Gasteiger partial charge is 0.368 e. The van der Waals surface area contributed by atoms with E-state index in [-0.39, 0.29) is 46.9 Å². The highest BCUT2D eigenvalue weighted by atomic mass is 32.2. The Balaban J connectivity index is 1.23. The second kappa shape index (κ2) is 16.1. The van der Waals surface area contributed by atoms with Crippen LogP contribution in [0, 0.1) is 0 Å². The molecule has 0 atom stereocenters. The summed E-state index contributed by atoms with van der Waals surface area (Å²) < 4.78 is 39.7. The van der Waals surface area contributed by atoms with Crippen LogP contribution >= 0.6 is 12.0 Å². The van der Waals surface area contributed by atoms with Gasteiger partial charge in [-0.15, -0.1) is 4.33 Å². The van der Waals surface area contributed by atoms with E-state index in [0.717, 1.165) is 5.69 Å². The zero-order chi connectivity index (χ0) is 36.5. The zero-order valence-electron chi connectivity index (χ0n) is 26.6. The fourth-order valence-electron chi connectivity index (χ4n) is 4.59. The molecule has 10 N–H and O–H groups in total. The molecule has 0 aliphatic carbocycles. The van der Waals surface area contributed by atoms with E-state index in [1.54, 1.807) is 30.3 Å². The first-order valence-corrected chi connectivity index (χ1v) is 17.1. The topological polar surface area (TPSA) is 271 Å². The van der Waals surface area contributed by atoms with Crippen molar-refractivity contribution in [1.82, 2.24) is 29.9 Å². The predicted octanol–water partition coefficient (Wildman–Crippen LogP) is 6.04. The van der Waals surface area contributed by atoms with Crippen LogP contribution < -0.4 is 32.7 Å². The number of rotatable bonds is 14. The molecule has 0 saturated carbocycles. The average molecular weight is 741 g/mol. The molecule has 52 heavy (non-hydrogen) atoms. The first-order valence-electron chi connectivity index (χ1n) is 14.9. The number of nitrogen functional groups attached to an aromatic ring is 2. The van der Waals surface area contributed by atoms with Crippen LogP contribution in [0.3, 0.4) is 0 Å². The van der Waals surface area contributed by atoms with Crippen LogP contribution in [-0.2, 0) is 19.5 Å². The lowest BCUT2D eigenvalue weighted by Crippen LogP contribution is -2.08. The number of nitrogens with zero attached hydrogens (tertiary/aromatic N) is 6. The summed E-state index contributed by atoms with van der Waals surface area (Å²) >= 11 is 0.665. The maximum Gasteiger partial charge on any atom is 0.295 e. The molecular formula is C32H28N12O6S2. The lowest BCUT2D eigenvalue weighted by atomic mass is 10.1. The number of nitrogens with one attached hydrogen (secondary N) is 4. The smallest absolute Gasteiger partial charge is 0.295 e. The molecule has 0 saturated heterocycles. The summed E-state index contributed by atoms with van der Waals surface area (Å²) in [4.78, 5) is 25.0. The van der Waals surface area contributed by atoms with Gasteiger partial charge >= 0.3 is 0 Å². The maximum absolute atomic E-state index is 12.5. The van der Waals surface area contributed by atoms with Crippen molar-refractivity contribution in [2.45, 2.75) is 9.79 Å². The Morgan fingerprint density at radius 1 is 0.596 bits per heavy atom. The lowest BCUT2D eigenvalue weighted by Gasteiger charge is -2.12. The summed E-state index contributed by atoms with van der Waals surface area (Å²) in [5.41, 5.74) is 14.6. The highest BCUT2D eigenvalue weighted by Crippen LogP contribution is 2.31. The van der Waals surface area contributed by atoms with Crippen molar-refractivity contribution in [3.63, 3.8) is 0 Å². The number of nitrogens with two attached hydrogens (primary N) is 2. The van der Waals surface area contributed by atoms with Crippen LogP contribution in [0.1, 0.15) is 11.1 Å². The molecule has 0 amide bonds. The van der Waals surface area contributed by atoms with Crippen molar-refractivity contribution >= 4 is 92.8 Å². The lowest BCUT2D eigenvalue weighted by molar-refractivity contribution is -0.432. The summed E-state index contributed by atoms with van der Waals surface area (Å²) in [5, 5.41) is 24.6. The van der Waals surface area contributed by atoms with Crippen molar-refractivity contribution in [3.8, 4) is 0 Å². The third-order valence-corrected chi connectivity index (χ3v) is 8.35. The molecule has 20 heteroatoms. The van der Waals surface area contributed by atoms with Gasteiger partial charge in [0.15, 0.2) is 0 Å². The second-order valence-corrected chi connectivity index (χ2v) is 12.6. The van der Waals surface area contributed by atoms with Crippen molar-refractivity contribution in [3.05, 3.63) is 108 Å². The second-order valence-electron chi connectivity index (χ2n) is 10.5. The molecule has 0 aliphatic rings. The normalized spacial score (nSPS) is 11.3. The molecule has 0 unspecified atom stereocenters. The van der Waals surface area contributed by atoms with Gasteiger partial charge < -0.3 is 32.7 Å². The van der Waals surface area contributed by atoms with E-state index in [4.69, 9.17) is 16.7 Å². The number of aromatic nitrogens is 6. The van der Waals surface area contributed by atoms with E-state index in [9.17, 15) is 13.0 Å². The first kappa shape index (κ1) is 35.4. The average Bonchev–Trinajstić information content (AvgIpc) is 3.10. The molecule has 264 valence electrons. The summed E-state index contributed by atoms with van der Waals surface area (Å²) in [7, 11) is -4.71. The number of benzene rings is 4. The molecule has 0 spiro atoms. The van der Waals surface area contributed by atoms with Gasteiger partial charge in [0.1, 0.15) is 4.90 Å². The molecule has 4 aromatic carbocycles. The van der Waals surface area contributed by atoms with Gasteiger partial charge in [0, 0.05) is 27.6 Å². The Morgan fingerprint density at radius 2 is 1.04 bits per heavy atom. The third kappa shape index (κ3) is 9.63. The van der Waals surface area contributed by atoms with Crippen LogP contribution in [0.15, 0.2) is 107 Å². The van der Waals surface area contributed by atoms with Gasteiger partial charge in [-0.25, -0.2) is 5.26 Å². The van der Waals surface area contributed by atoms with E-state index < -0.39 is 15.0 Å². The van der Waals surface area contributed by atoms with Crippen molar-refractivity contribution in [2.75, 3.05) is 32.7 Å². The summed E-state index contributed by atoms with van der Waals surface area (Å²) in [6, 6.07) is 27.6. The van der Waals surface area contributed by atoms with Gasteiger partial charge in [0.2, 0.25) is 35.7 Å². The Bertz CT molecular complexity index is 2320. The fourth-order valence-corrected chi connectivity index (χ4v) is 5.82. The van der Waals surface area contributed by atoms with Crippen LogP contribution in [-0.4, -0.2) is 48.1 Å². The summed E-state index contributed by atoms with van der Waals surface area (Å²) in [6.07, 6.45) is 3.04. The highest BCUT2D eigenvalue weighted by Gasteiger charge is 2.17. The number of anilines is 10. The Kier molecular flexibility index (Phi) is 10.9. The van der Waals surface area contributed by atoms with E-state index in [2.05, 4.69) is 60.5 Å². The van der Waals surface area contributed by atoms with Crippen molar-refractivity contribution < 1.29 is 27.6 Å². The van der Waals surface area contributed by atoms with Gasteiger partial charge in [0.25, 0.3) is 10.1 Å². The van der Waals surface area contributed by atoms with Gasteiger partial charge in [0.05, 0.1) is 12.0 Å². The van der Waals surface area contributed by atoms with E-state index in [1.807, 2.05) is 60.7 Å². The predicted molar refractivity (Wildman–Crippen MR) is 197 cm³/mol. The van der Waals surface area contributed by atoms with Gasteiger partial charge in [-0.05, 0) is 59.7 Å². The van der Waals surface area contributed by atoms with Gasteiger partial charge in [-0.3, -0.25) is 4.55 Å². The van der Waals surface area contributed by atoms with E-state index >= 15 is 0 Å². The Hall–Kier alpha value is -6.42. The first-order chi connectivity index (χ1) is 25.1. The molecule has 2 heterocycles. The van der Waals surface area contributed by atoms with Crippen LogP contribution in [0.25, 0.3) is 12.2 Å². The minimum atomic E-state index is -4.71. The van der Waals surface area contributed by atoms with Crippen molar-refractivity contribution in [1.29, 1.82) is 0 Å². The van der Waals surface area contributed by atoms with Crippen LogP contribution in [0.5, 0.6) is 0 Å². The Morgan fingerprint density at radius 3 is 1.52 bits per heavy atom. The third-order valence-electron chi connectivity index (χ3n) is 6.78. The van der Waals surface area contributed by atoms with Crippen LogP contribution in [0.4, 0.5) is 58.4 Å². The molecule has 0 fully saturated rings. The maximum atomic E-state index is 12.5. The highest BCUT2D eigenvalue weighted by molar-refractivity contribution is 7.94. The summed E-state index contributed by atoms with van der Waals surface area (Å²) in [5.74, 6) is 0.424. The minimum absolute atomic E-state index is 0.0276. The molecule has 6 rings (SSSR count). The molecule has 18 nitrogen and oxygen atoms in total. The van der Waals surface area contributed by atoms with E-state index in [1.165, 1.54) is 18.2 Å². The Labute approximate surface area is 300 Å². The number of hydrogen-bond donors (Lipinski definition) is 8. The minimum Gasteiger partial charge on any atom is -0.368 e. The molecule has 0 aliphatic heterocycles. The SMILES string of the molecule is Nc1nc(Nc2ccccc2)nc(Nc2ccc(C=Cc3ccc(Nc4nc(N)nc(Nc5ccccc5)n4)cc3S(=O)(=O)O)c(SOOO)c2)n1. The molecule has 6 aromatic rings. The molecule has 0 bridgehead atoms. The standard InChI is InChI=1S/C32H28N12O6S2/c33-27-39-29(35-21-7-3-1-4-8-21)43-31(41-27)37-23-15-13-19(25(17-23)51-50-49-45)11-12-20-14-16-24(18-26(20)52(46,47)48)38-32-42-28(34)40-30(44-32)36-22-9-5-2-6-10-22/h1-18,45H,(H,46,47,48)(H4,33,35,37,39,41,43)(H4,34,36,38,40,42,44). The van der Waals surface area contributed by atoms with Gasteiger partial charge in [-0.1, -0.05) is 65.7 Å². The fraction of sp³-hybridized carbons (Fsp3) is 0. The zero-order valence-corrected chi connectivity index (χ0v) is 28.2. The summed E-state index contributed by atoms with van der Waals surface area (Å²) in [6.45, 7) is 0. The van der Waals surface area contributed by atoms with E-state index in [0.29, 0.717) is 33.9 Å². The van der Waals surface area contributed by atoms with Crippen molar-refractivity contribution in [2.24, 2.45) is 0 Å². The molecule has 2 aromatic heterocycles. The van der Waals surface area contributed by atoms with Crippen LogP contribution in [0.2, 0.25) is 0 Å². The molecular weight excluding hydrogens is 713 g/mol.